The quantitative estimate of drug-likeness (QED) is 0.649. The van der Waals surface area contributed by atoms with Crippen molar-refractivity contribution in [2.24, 2.45) is 5.41 Å². The summed E-state index contributed by atoms with van der Waals surface area (Å²) in [6.07, 6.45) is 4.39. The van der Waals surface area contributed by atoms with E-state index in [1.165, 1.54) is 18.2 Å². The molecule has 0 fully saturated rings. The Labute approximate surface area is 136 Å². The standard InChI is InChI=1S/C19H22FNO2/c1-12(2)7-9-19(10-8-13(3)4)17(22)15-11-14(20)5-6-16(15)21-18(19)23/h5-8,11H,9-10H2,1-4H3,(H,21,23). The Morgan fingerprint density at radius 2 is 1.65 bits per heavy atom. The van der Waals surface area contributed by atoms with Crippen LogP contribution in [0.4, 0.5) is 10.1 Å². The summed E-state index contributed by atoms with van der Waals surface area (Å²) >= 11 is 0. The van der Waals surface area contributed by atoms with Gasteiger partial charge in [-0.1, -0.05) is 23.3 Å². The number of allylic oxidation sites excluding steroid dienone is 4. The van der Waals surface area contributed by atoms with Crippen molar-refractivity contribution in [2.75, 3.05) is 5.32 Å². The summed E-state index contributed by atoms with van der Waals surface area (Å²) in [7, 11) is 0. The van der Waals surface area contributed by atoms with Crippen LogP contribution in [0.5, 0.6) is 0 Å². The SMILES string of the molecule is CC(C)=CCC1(CC=C(C)C)C(=O)Nc2ccc(F)cc2C1=O. The van der Waals surface area contributed by atoms with Crippen LogP contribution < -0.4 is 5.32 Å². The molecule has 0 saturated heterocycles. The zero-order valence-electron chi connectivity index (χ0n) is 14.0. The van der Waals surface area contributed by atoms with E-state index >= 15 is 0 Å². The minimum absolute atomic E-state index is 0.244. The molecule has 0 aromatic heterocycles. The topological polar surface area (TPSA) is 46.2 Å². The molecule has 2 rings (SSSR count). The number of amides is 1. The first-order valence-corrected chi connectivity index (χ1v) is 7.69. The normalized spacial score (nSPS) is 15.5. The maximum atomic E-state index is 13.6. The number of anilines is 1. The largest absolute Gasteiger partial charge is 0.325 e. The third-order valence-electron chi connectivity index (χ3n) is 4.06. The van der Waals surface area contributed by atoms with Crippen LogP contribution in [0, 0.1) is 11.2 Å². The molecule has 1 heterocycles. The molecule has 122 valence electrons. The Bertz CT molecular complexity index is 688. The highest BCUT2D eigenvalue weighted by molar-refractivity contribution is 6.24. The average Bonchev–Trinajstić information content (AvgIpc) is 2.47. The van der Waals surface area contributed by atoms with Gasteiger partial charge in [-0.3, -0.25) is 9.59 Å². The molecule has 1 N–H and O–H groups in total. The van der Waals surface area contributed by atoms with Gasteiger partial charge >= 0.3 is 0 Å². The summed E-state index contributed by atoms with van der Waals surface area (Å²) in [6.45, 7) is 7.70. The molecule has 0 bridgehead atoms. The van der Waals surface area contributed by atoms with E-state index in [2.05, 4.69) is 5.32 Å². The van der Waals surface area contributed by atoms with Gasteiger partial charge in [-0.05, 0) is 58.7 Å². The van der Waals surface area contributed by atoms with Gasteiger partial charge in [0.2, 0.25) is 5.91 Å². The smallest absolute Gasteiger partial charge is 0.239 e. The molecule has 1 aromatic carbocycles. The monoisotopic (exact) mass is 315 g/mol. The lowest BCUT2D eigenvalue weighted by molar-refractivity contribution is -0.123. The predicted molar refractivity (Wildman–Crippen MR) is 89.9 cm³/mol. The van der Waals surface area contributed by atoms with Crippen LogP contribution in [0.2, 0.25) is 0 Å². The van der Waals surface area contributed by atoms with Crippen molar-refractivity contribution >= 4 is 17.4 Å². The van der Waals surface area contributed by atoms with Gasteiger partial charge in [0.05, 0.1) is 5.69 Å². The van der Waals surface area contributed by atoms with E-state index in [0.717, 1.165) is 11.1 Å². The van der Waals surface area contributed by atoms with Gasteiger partial charge in [-0.25, -0.2) is 4.39 Å². The number of carbonyl (C=O) groups is 2. The highest BCUT2D eigenvalue weighted by Crippen LogP contribution is 2.40. The van der Waals surface area contributed by atoms with Crippen LogP contribution in [0.3, 0.4) is 0 Å². The molecule has 1 aliphatic heterocycles. The number of hydrogen-bond acceptors (Lipinski definition) is 2. The summed E-state index contributed by atoms with van der Waals surface area (Å²) in [5.41, 5.74) is 1.48. The molecule has 4 heteroatoms. The molecular formula is C19H22FNO2. The van der Waals surface area contributed by atoms with E-state index in [4.69, 9.17) is 0 Å². The molecule has 0 aliphatic carbocycles. The van der Waals surface area contributed by atoms with Crippen LogP contribution in [-0.4, -0.2) is 11.7 Å². The van der Waals surface area contributed by atoms with Crippen LogP contribution in [-0.2, 0) is 4.79 Å². The van der Waals surface area contributed by atoms with E-state index in [9.17, 15) is 14.0 Å². The maximum absolute atomic E-state index is 13.6. The van der Waals surface area contributed by atoms with E-state index in [0.29, 0.717) is 18.5 Å². The fourth-order valence-electron chi connectivity index (χ4n) is 2.63. The molecular weight excluding hydrogens is 293 g/mol. The van der Waals surface area contributed by atoms with Gasteiger partial charge in [0.25, 0.3) is 0 Å². The number of Topliss-reactive ketones (excluding diaryl/α,β-unsaturated/α-hetero) is 1. The predicted octanol–water partition coefficient (Wildman–Crippen LogP) is 4.66. The lowest BCUT2D eigenvalue weighted by atomic mass is 9.71. The van der Waals surface area contributed by atoms with E-state index < -0.39 is 11.2 Å². The van der Waals surface area contributed by atoms with Gasteiger partial charge < -0.3 is 5.32 Å². The van der Waals surface area contributed by atoms with Crippen molar-refractivity contribution in [1.82, 2.24) is 0 Å². The van der Waals surface area contributed by atoms with E-state index in [-0.39, 0.29) is 17.3 Å². The first-order chi connectivity index (χ1) is 10.8. The van der Waals surface area contributed by atoms with Crippen LogP contribution >= 0.6 is 0 Å². The minimum Gasteiger partial charge on any atom is -0.325 e. The molecule has 1 amide bonds. The minimum atomic E-state index is -1.21. The highest BCUT2D eigenvalue weighted by Gasteiger charge is 2.48. The highest BCUT2D eigenvalue weighted by atomic mass is 19.1. The number of benzene rings is 1. The lowest BCUT2D eigenvalue weighted by Crippen LogP contribution is -2.46. The first kappa shape index (κ1) is 17.1. The van der Waals surface area contributed by atoms with Crippen molar-refractivity contribution in [2.45, 2.75) is 40.5 Å². The lowest BCUT2D eigenvalue weighted by Gasteiger charge is -2.34. The number of carbonyl (C=O) groups excluding carboxylic acids is 2. The van der Waals surface area contributed by atoms with Gasteiger partial charge in [0.1, 0.15) is 11.2 Å². The third-order valence-corrected chi connectivity index (χ3v) is 4.06. The Morgan fingerprint density at radius 1 is 1.09 bits per heavy atom. The second-order valence-electron chi connectivity index (χ2n) is 6.53. The average molecular weight is 315 g/mol. The first-order valence-electron chi connectivity index (χ1n) is 7.69. The van der Waals surface area contributed by atoms with Gasteiger partial charge in [-0.15, -0.1) is 0 Å². The summed E-state index contributed by atoms with van der Waals surface area (Å²) in [5, 5.41) is 2.77. The van der Waals surface area contributed by atoms with Gasteiger partial charge in [0.15, 0.2) is 5.78 Å². The molecule has 0 atom stereocenters. The number of ketones is 1. The Balaban J connectivity index is 2.55. The number of fused-ring (bicyclic) bond motifs is 1. The van der Waals surface area contributed by atoms with Crippen molar-refractivity contribution < 1.29 is 14.0 Å². The molecule has 1 aromatic rings. The molecule has 1 aliphatic rings. The molecule has 0 spiro atoms. The number of nitrogens with one attached hydrogen (secondary N) is 1. The summed E-state index contributed by atoms with van der Waals surface area (Å²) in [6, 6.07) is 3.88. The number of rotatable bonds is 4. The van der Waals surface area contributed by atoms with Crippen molar-refractivity contribution in [3.63, 3.8) is 0 Å². The van der Waals surface area contributed by atoms with Crippen molar-refractivity contribution in [3.05, 3.63) is 52.9 Å². The second-order valence-corrected chi connectivity index (χ2v) is 6.53. The summed E-state index contributed by atoms with van der Waals surface area (Å²) < 4.78 is 13.6. The Hall–Kier alpha value is -2.23. The van der Waals surface area contributed by atoms with E-state index in [1.54, 1.807) is 0 Å². The van der Waals surface area contributed by atoms with E-state index in [1.807, 2.05) is 39.8 Å². The fourth-order valence-corrected chi connectivity index (χ4v) is 2.63. The molecule has 0 unspecified atom stereocenters. The fraction of sp³-hybridized carbons (Fsp3) is 0.368. The number of halogens is 1. The van der Waals surface area contributed by atoms with Crippen molar-refractivity contribution in [1.29, 1.82) is 0 Å². The van der Waals surface area contributed by atoms with Crippen LogP contribution in [0.25, 0.3) is 0 Å². The maximum Gasteiger partial charge on any atom is 0.239 e. The Kier molecular flexibility index (Phi) is 4.83. The van der Waals surface area contributed by atoms with Gasteiger partial charge in [-0.2, -0.15) is 0 Å². The van der Waals surface area contributed by atoms with Crippen molar-refractivity contribution in [3.8, 4) is 0 Å². The summed E-state index contributed by atoms with van der Waals surface area (Å²) in [5.74, 6) is -1.12. The zero-order valence-corrected chi connectivity index (χ0v) is 14.0. The molecule has 3 nitrogen and oxygen atoms in total. The molecule has 0 radical (unpaired) electrons. The summed E-state index contributed by atoms with van der Waals surface area (Å²) in [4.78, 5) is 25.8. The van der Waals surface area contributed by atoms with Gasteiger partial charge in [0, 0.05) is 5.56 Å². The third kappa shape index (κ3) is 3.41. The van der Waals surface area contributed by atoms with Crippen LogP contribution in [0.15, 0.2) is 41.5 Å². The van der Waals surface area contributed by atoms with Crippen LogP contribution in [0.1, 0.15) is 50.9 Å². The zero-order chi connectivity index (χ0) is 17.2. The molecule has 23 heavy (non-hydrogen) atoms. The number of hydrogen-bond donors (Lipinski definition) is 1. The molecule has 0 saturated carbocycles. The second kappa shape index (κ2) is 6.49. The Morgan fingerprint density at radius 3 is 2.17 bits per heavy atom.